The molecule has 0 unspecified atom stereocenters. The van der Waals surface area contributed by atoms with E-state index in [-0.39, 0.29) is 0 Å². The van der Waals surface area contributed by atoms with Crippen LogP contribution >= 0.6 is 0 Å². The van der Waals surface area contributed by atoms with E-state index in [1.807, 2.05) is 13.1 Å². The molecule has 70 valence electrons. The van der Waals surface area contributed by atoms with E-state index < -0.39 is 0 Å². The van der Waals surface area contributed by atoms with Gasteiger partial charge in [-0.15, -0.1) is 0 Å². The molecule has 0 saturated carbocycles. The molecule has 1 aromatic heterocycles. The van der Waals surface area contributed by atoms with Crippen LogP contribution in [0.1, 0.15) is 0 Å². The van der Waals surface area contributed by atoms with Crippen LogP contribution in [0.2, 0.25) is 0 Å². The van der Waals surface area contributed by atoms with E-state index in [9.17, 15) is 0 Å². The Bertz CT molecular complexity index is 284. The van der Waals surface area contributed by atoms with Crippen molar-refractivity contribution >= 4 is 11.6 Å². The van der Waals surface area contributed by atoms with E-state index >= 15 is 0 Å². The van der Waals surface area contributed by atoms with Crippen LogP contribution in [0.15, 0.2) is 12.4 Å². The molecule has 13 heavy (non-hydrogen) atoms. The molecule has 0 bridgehead atoms. The number of aromatic nitrogens is 2. The third-order valence-electron chi connectivity index (χ3n) is 2.06. The van der Waals surface area contributed by atoms with Crippen molar-refractivity contribution in [3.05, 3.63) is 12.4 Å². The number of nitrogens with zero attached hydrogens (tertiary/aromatic N) is 2. The van der Waals surface area contributed by atoms with Gasteiger partial charge in [0, 0.05) is 26.2 Å². The molecule has 0 atom stereocenters. The predicted molar refractivity (Wildman–Crippen MR) is 51.9 cm³/mol. The van der Waals surface area contributed by atoms with Gasteiger partial charge >= 0.3 is 0 Å². The maximum atomic E-state index is 4.12. The monoisotopic (exact) mass is 179 g/mol. The van der Waals surface area contributed by atoms with Gasteiger partial charge in [0.1, 0.15) is 18.0 Å². The average molecular weight is 179 g/mol. The van der Waals surface area contributed by atoms with Crippen LogP contribution in [0, 0.1) is 0 Å². The van der Waals surface area contributed by atoms with Crippen molar-refractivity contribution in [1.29, 1.82) is 0 Å². The van der Waals surface area contributed by atoms with Crippen LogP contribution in [-0.4, -0.2) is 36.1 Å². The molecular weight excluding hydrogens is 166 g/mol. The number of hydrogen-bond donors (Lipinski definition) is 3. The SMILES string of the molecule is CNc1cc(NC2CNC2)ncn1. The molecule has 0 spiro atoms. The zero-order valence-electron chi connectivity index (χ0n) is 7.54. The lowest BCUT2D eigenvalue weighted by atomic mass is 10.2. The Labute approximate surface area is 77.0 Å². The van der Waals surface area contributed by atoms with Crippen molar-refractivity contribution in [2.75, 3.05) is 30.8 Å². The van der Waals surface area contributed by atoms with Crippen molar-refractivity contribution < 1.29 is 0 Å². The van der Waals surface area contributed by atoms with E-state index in [2.05, 4.69) is 25.9 Å². The Morgan fingerprint density at radius 3 is 2.77 bits per heavy atom. The Morgan fingerprint density at radius 1 is 1.38 bits per heavy atom. The van der Waals surface area contributed by atoms with E-state index in [1.54, 1.807) is 6.33 Å². The van der Waals surface area contributed by atoms with Gasteiger partial charge in [-0.05, 0) is 0 Å². The molecule has 0 amide bonds. The first-order valence-electron chi connectivity index (χ1n) is 4.35. The van der Waals surface area contributed by atoms with Gasteiger partial charge in [0.15, 0.2) is 0 Å². The highest BCUT2D eigenvalue weighted by molar-refractivity contribution is 5.46. The molecule has 2 heterocycles. The third-order valence-corrected chi connectivity index (χ3v) is 2.06. The second kappa shape index (κ2) is 3.57. The topological polar surface area (TPSA) is 61.9 Å². The number of rotatable bonds is 3. The summed E-state index contributed by atoms with van der Waals surface area (Å²) >= 11 is 0. The van der Waals surface area contributed by atoms with Crippen LogP contribution in [0.5, 0.6) is 0 Å². The van der Waals surface area contributed by atoms with Gasteiger partial charge in [-0.3, -0.25) is 0 Å². The standard InChI is InChI=1S/C8H13N5/c1-9-7-2-8(12-5-11-7)13-6-3-10-4-6/h2,5-6,10H,3-4H2,1H3,(H2,9,11,12,13). The van der Waals surface area contributed by atoms with Crippen LogP contribution in [0.4, 0.5) is 11.6 Å². The van der Waals surface area contributed by atoms with Crippen LogP contribution in [0.3, 0.4) is 0 Å². The van der Waals surface area contributed by atoms with Gasteiger partial charge < -0.3 is 16.0 Å². The summed E-state index contributed by atoms with van der Waals surface area (Å²) in [5, 5.41) is 9.46. The molecule has 0 aromatic carbocycles. The smallest absolute Gasteiger partial charge is 0.131 e. The van der Waals surface area contributed by atoms with Gasteiger partial charge in [-0.1, -0.05) is 0 Å². The maximum absolute atomic E-state index is 4.12. The highest BCUT2D eigenvalue weighted by atomic mass is 15.1. The first-order chi connectivity index (χ1) is 6.38. The van der Waals surface area contributed by atoms with Gasteiger partial charge in [0.05, 0.1) is 6.04 Å². The van der Waals surface area contributed by atoms with Gasteiger partial charge in [0.25, 0.3) is 0 Å². The number of hydrogen-bond acceptors (Lipinski definition) is 5. The molecule has 5 heteroatoms. The molecular formula is C8H13N5. The lowest BCUT2D eigenvalue weighted by Gasteiger charge is -2.28. The van der Waals surface area contributed by atoms with E-state index in [0.717, 1.165) is 24.7 Å². The Morgan fingerprint density at radius 2 is 2.15 bits per heavy atom. The Kier molecular flexibility index (Phi) is 2.27. The summed E-state index contributed by atoms with van der Waals surface area (Å²) in [7, 11) is 1.84. The molecule has 0 aliphatic carbocycles. The highest BCUT2D eigenvalue weighted by Gasteiger charge is 2.16. The second-order valence-electron chi connectivity index (χ2n) is 3.04. The normalized spacial score (nSPS) is 16.4. The fourth-order valence-corrected chi connectivity index (χ4v) is 1.17. The summed E-state index contributed by atoms with van der Waals surface area (Å²) in [5.74, 6) is 1.72. The van der Waals surface area contributed by atoms with Gasteiger partial charge in [0.2, 0.25) is 0 Å². The summed E-state index contributed by atoms with van der Waals surface area (Å²) in [6, 6.07) is 2.41. The minimum atomic E-state index is 0.514. The van der Waals surface area contributed by atoms with Crippen molar-refractivity contribution in [1.82, 2.24) is 15.3 Å². The zero-order valence-corrected chi connectivity index (χ0v) is 7.54. The van der Waals surface area contributed by atoms with Crippen molar-refractivity contribution in [3.8, 4) is 0 Å². The molecule has 5 nitrogen and oxygen atoms in total. The first kappa shape index (κ1) is 8.25. The lowest BCUT2D eigenvalue weighted by molar-refractivity contribution is 0.471. The third kappa shape index (κ3) is 1.86. The summed E-state index contributed by atoms with van der Waals surface area (Å²) in [4.78, 5) is 8.15. The first-order valence-corrected chi connectivity index (χ1v) is 4.35. The molecule has 1 fully saturated rings. The zero-order chi connectivity index (χ0) is 9.10. The summed E-state index contributed by atoms with van der Waals surface area (Å²) in [5.41, 5.74) is 0. The molecule has 1 aliphatic rings. The maximum Gasteiger partial charge on any atom is 0.131 e. The van der Waals surface area contributed by atoms with E-state index in [0.29, 0.717) is 6.04 Å². The second-order valence-corrected chi connectivity index (χ2v) is 3.04. The molecule has 1 aliphatic heterocycles. The highest BCUT2D eigenvalue weighted by Crippen LogP contribution is 2.09. The summed E-state index contributed by atoms with van der Waals surface area (Å²) in [6.45, 7) is 2.03. The molecule has 0 radical (unpaired) electrons. The lowest BCUT2D eigenvalue weighted by Crippen LogP contribution is -2.51. The fraction of sp³-hybridized carbons (Fsp3) is 0.500. The van der Waals surface area contributed by atoms with Crippen LogP contribution < -0.4 is 16.0 Å². The fourth-order valence-electron chi connectivity index (χ4n) is 1.17. The quantitative estimate of drug-likeness (QED) is 0.605. The molecule has 3 N–H and O–H groups in total. The Balaban J connectivity index is 2.01. The minimum absolute atomic E-state index is 0.514. The van der Waals surface area contributed by atoms with E-state index in [1.165, 1.54) is 0 Å². The molecule has 1 saturated heterocycles. The van der Waals surface area contributed by atoms with Crippen LogP contribution in [-0.2, 0) is 0 Å². The van der Waals surface area contributed by atoms with Gasteiger partial charge in [-0.25, -0.2) is 9.97 Å². The van der Waals surface area contributed by atoms with Crippen molar-refractivity contribution in [2.24, 2.45) is 0 Å². The largest absolute Gasteiger partial charge is 0.373 e. The number of nitrogens with one attached hydrogen (secondary N) is 3. The van der Waals surface area contributed by atoms with Crippen LogP contribution in [0.25, 0.3) is 0 Å². The average Bonchev–Trinajstić information content (AvgIpc) is 2.12. The minimum Gasteiger partial charge on any atom is -0.373 e. The predicted octanol–water partition coefficient (Wildman–Crippen LogP) is -0.0980. The molecule has 2 rings (SSSR count). The van der Waals surface area contributed by atoms with E-state index in [4.69, 9.17) is 0 Å². The van der Waals surface area contributed by atoms with Gasteiger partial charge in [-0.2, -0.15) is 0 Å². The molecule has 1 aromatic rings. The van der Waals surface area contributed by atoms with Crippen molar-refractivity contribution in [3.63, 3.8) is 0 Å². The number of anilines is 2. The Hall–Kier alpha value is -1.36. The summed E-state index contributed by atoms with van der Waals surface area (Å²) < 4.78 is 0. The van der Waals surface area contributed by atoms with Crippen molar-refractivity contribution in [2.45, 2.75) is 6.04 Å². The summed E-state index contributed by atoms with van der Waals surface area (Å²) in [6.07, 6.45) is 1.56.